The van der Waals surface area contributed by atoms with Crippen LogP contribution in [0.1, 0.15) is 32.3 Å². The van der Waals surface area contributed by atoms with Crippen molar-refractivity contribution in [3.8, 4) is 0 Å². The molecule has 0 amide bonds. The number of sulfonamides is 1. The van der Waals surface area contributed by atoms with Gasteiger partial charge in [-0.15, -0.1) is 0 Å². The Morgan fingerprint density at radius 2 is 1.74 bits per heavy atom. The van der Waals surface area contributed by atoms with Crippen LogP contribution in [0.15, 0.2) is 24.3 Å². The van der Waals surface area contributed by atoms with Gasteiger partial charge in [-0.3, -0.25) is 9.62 Å². The lowest BCUT2D eigenvalue weighted by Gasteiger charge is -2.37. The molecule has 1 N–H and O–H groups in total. The minimum Gasteiger partial charge on any atom is -0.299 e. The molecule has 2 rings (SSSR count). The molecule has 0 atom stereocenters. The first kappa shape index (κ1) is 18.1. The number of hydrogen-bond acceptors (Lipinski definition) is 3. The number of halogens is 3. The number of nitrogens with zero attached hydrogens (tertiary/aromatic N) is 1. The lowest BCUT2D eigenvalue weighted by Crippen LogP contribution is -2.37. The fourth-order valence-corrected chi connectivity index (χ4v) is 3.12. The van der Waals surface area contributed by atoms with Crippen LogP contribution >= 0.6 is 0 Å². The van der Waals surface area contributed by atoms with E-state index in [2.05, 4.69) is 18.7 Å². The Hall–Kier alpha value is -1.28. The van der Waals surface area contributed by atoms with Gasteiger partial charge in [0.05, 0.1) is 5.69 Å². The van der Waals surface area contributed by atoms with Crippen molar-refractivity contribution in [3.63, 3.8) is 0 Å². The maximum absolute atomic E-state index is 12.5. The van der Waals surface area contributed by atoms with E-state index in [9.17, 15) is 21.6 Å². The van der Waals surface area contributed by atoms with E-state index in [0.717, 1.165) is 25.9 Å². The van der Waals surface area contributed by atoms with E-state index in [1.807, 2.05) is 0 Å². The highest BCUT2D eigenvalue weighted by Crippen LogP contribution is 2.32. The van der Waals surface area contributed by atoms with Crippen LogP contribution in [0.5, 0.6) is 0 Å². The van der Waals surface area contributed by atoms with Crippen molar-refractivity contribution in [1.82, 2.24) is 4.90 Å². The molecule has 130 valence electrons. The molecule has 23 heavy (non-hydrogen) atoms. The van der Waals surface area contributed by atoms with Gasteiger partial charge < -0.3 is 0 Å². The Kier molecular flexibility index (Phi) is 4.96. The molecule has 1 saturated heterocycles. The van der Waals surface area contributed by atoms with Gasteiger partial charge in [0.2, 0.25) is 0 Å². The molecule has 0 bridgehead atoms. The maximum Gasteiger partial charge on any atom is 0.516 e. The minimum atomic E-state index is -5.40. The number of hydrogen-bond donors (Lipinski definition) is 1. The largest absolute Gasteiger partial charge is 0.516 e. The number of nitrogens with one attached hydrogen (secondary N) is 1. The zero-order chi connectivity index (χ0) is 17.3. The highest BCUT2D eigenvalue weighted by molar-refractivity contribution is 7.93. The number of rotatable bonds is 4. The van der Waals surface area contributed by atoms with Crippen molar-refractivity contribution in [2.24, 2.45) is 5.41 Å². The van der Waals surface area contributed by atoms with Gasteiger partial charge in [-0.05, 0) is 43.0 Å². The van der Waals surface area contributed by atoms with Crippen LogP contribution in [0, 0.1) is 5.41 Å². The predicted octanol–water partition coefficient (Wildman–Crippen LogP) is 3.57. The first-order valence-electron chi connectivity index (χ1n) is 7.40. The molecular weight excluding hydrogens is 329 g/mol. The highest BCUT2D eigenvalue weighted by atomic mass is 32.2. The summed E-state index contributed by atoms with van der Waals surface area (Å²) in [4.78, 5) is 2.13. The summed E-state index contributed by atoms with van der Waals surface area (Å²) in [5.41, 5.74) is -4.53. The summed E-state index contributed by atoms with van der Waals surface area (Å²) < 4.78 is 61.9. The van der Waals surface area contributed by atoms with Crippen molar-refractivity contribution < 1.29 is 21.6 Å². The fraction of sp³-hybridized carbons (Fsp3) is 0.600. The number of benzene rings is 1. The lowest BCUT2D eigenvalue weighted by atomic mass is 9.82. The second-order valence-corrected chi connectivity index (χ2v) is 8.32. The highest BCUT2D eigenvalue weighted by Gasteiger charge is 2.46. The van der Waals surface area contributed by atoms with Gasteiger partial charge >= 0.3 is 15.5 Å². The number of piperidine rings is 1. The summed E-state index contributed by atoms with van der Waals surface area (Å²) >= 11 is 0. The first-order valence-corrected chi connectivity index (χ1v) is 8.88. The van der Waals surface area contributed by atoms with E-state index in [-0.39, 0.29) is 11.1 Å². The molecule has 0 radical (unpaired) electrons. The monoisotopic (exact) mass is 350 g/mol. The van der Waals surface area contributed by atoms with Crippen LogP contribution in [-0.4, -0.2) is 31.9 Å². The van der Waals surface area contributed by atoms with Gasteiger partial charge in [0.1, 0.15) is 0 Å². The number of anilines is 1. The average Bonchev–Trinajstić information content (AvgIpc) is 2.41. The SMILES string of the molecule is CC1(C)CCN(Cc2ccccc2NS(=O)(=O)C(F)(F)F)CC1. The summed E-state index contributed by atoms with van der Waals surface area (Å²) in [7, 11) is -5.40. The molecule has 0 unspecified atom stereocenters. The van der Waals surface area contributed by atoms with Gasteiger partial charge in [-0.2, -0.15) is 21.6 Å². The van der Waals surface area contributed by atoms with Crippen molar-refractivity contribution in [3.05, 3.63) is 29.8 Å². The van der Waals surface area contributed by atoms with Crippen LogP contribution in [-0.2, 0) is 16.6 Å². The van der Waals surface area contributed by atoms with Crippen LogP contribution in [0.3, 0.4) is 0 Å². The fourth-order valence-electron chi connectivity index (χ4n) is 2.52. The van der Waals surface area contributed by atoms with Gasteiger partial charge in [0.25, 0.3) is 0 Å². The van der Waals surface area contributed by atoms with Gasteiger partial charge in [-0.25, -0.2) is 0 Å². The van der Waals surface area contributed by atoms with E-state index in [1.165, 1.54) is 12.1 Å². The summed E-state index contributed by atoms with van der Waals surface area (Å²) in [5, 5.41) is 0. The predicted molar refractivity (Wildman–Crippen MR) is 83.3 cm³/mol. The zero-order valence-corrected chi connectivity index (χ0v) is 14.0. The van der Waals surface area contributed by atoms with E-state index in [0.29, 0.717) is 12.1 Å². The molecular formula is C15H21F3N2O2S. The molecule has 0 aromatic heterocycles. The zero-order valence-electron chi connectivity index (χ0n) is 13.2. The molecule has 1 aromatic carbocycles. The first-order chi connectivity index (χ1) is 10.5. The Bertz CT molecular complexity index is 647. The Labute approximate surface area is 134 Å². The number of alkyl halides is 3. The summed E-state index contributed by atoms with van der Waals surface area (Å²) in [6.45, 7) is 6.48. The number of para-hydroxylation sites is 1. The van der Waals surface area contributed by atoms with E-state index < -0.39 is 15.5 Å². The van der Waals surface area contributed by atoms with Crippen LogP contribution in [0.4, 0.5) is 18.9 Å². The third kappa shape index (κ3) is 4.60. The quantitative estimate of drug-likeness (QED) is 0.903. The normalized spacial score (nSPS) is 19.5. The minimum absolute atomic E-state index is 0.0188. The van der Waals surface area contributed by atoms with Gasteiger partial charge in [-0.1, -0.05) is 32.0 Å². The topological polar surface area (TPSA) is 49.4 Å². The van der Waals surface area contributed by atoms with Crippen LogP contribution in [0.25, 0.3) is 0 Å². The van der Waals surface area contributed by atoms with Crippen molar-refractivity contribution in [2.45, 2.75) is 38.7 Å². The van der Waals surface area contributed by atoms with Crippen molar-refractivity contribution >= 4 is 15.7 Å². The third-order valence-corrected chi connectivity index (χ3v) is 5.27. The maximum atomic E-state index is 12.5. The second-order valence-electron chi connectivity index (χ2n) is 6.65. The van der Waals surface area contributed by atoms with Crippen molar-refractivity contribution in [1.29, 1.82) is 0 Å². The molecule has 1 aromatic rings. The van der Waals surface area contributed by atoms with Crippen LogP contribution in [0.2, 0.25) is 0 Å². The van der Waals surface area contributed by atoms with Crippen LogP contribution < -0.4 is 4.72 Å². The standard InChI is InChI=1S/C15H21F3N2O2S/c1-14(2)7-9-20(10-8-14)11-12-5-3-4-6-13(12)19-23(21,22)15(16,17)18/h3-6,19H,7-11H2,1-2H3. The number of likely N-dealkylation sites (tertiary alicyclic amines) is 1. The molecule has 1 heterocycles. The summed E-state index contributed by atoms with van der Waals surface area (Å²) in [6, 6.07) is 6.20. The molecule has 0 spiro atoms. The van der Waals surface area contributed by atoms with E-state index in [1.54, 1.807) is 16.9 Å². The molecule has 0 aliphatic carbocycles. The average molecular weight is 350 g/mol. The molecule has 1 aliphatic rings. The Morgan fingerprint density at radius 1 is 1.17 bits per heavy atom. The van der Waals surface area contributed by atoms with E-state index in [4.69, 9.17) is 0 Å². The molecule has 1 fully saturated rings. The summed E-state index contributed by atoms with van der Waals surface area (Å²) in [6.07, 6.45) is 2.01. The van der Waals surface area contributed by atoms with Gasteiger partial charge in [0, 0.05) is 6.54 Å². The smallest absolute Gasteiger partial charge is 0.299 e. The van der Waals surface area contributed by atoms with E-state index >= 15 is 0 Å². The Balaban J connectivity index is 2.13. The summed E-state index contributed by atoms with van der Waals surface area (Å²) in [5.74, 6) is 0. The van der Waals surface area contributed by atoms with Gasteiger partial charge in [0.15, 0.2) is 0 Å². The molecule has 0 saturated carbocycles. The second kappa shape index (κ2) is 6.32. The molecule has 8 heteroatoms. The Morgan fingerprint density at radius 3 is 2.30 bits per heavy atom. The lowest BCUT2D eigenvalue weighted by molar-refractivity contribution is -0.0429. The van der Waals surface area contributed by atoms with Crippen molar-refractivity contribution in [2.75, 3.05) is 17.8 Å². The molecule has 1 aliphatic heterocycles. The molecule has 4 nitrogen and oxygen atoms in total. The third-order valence-electron chi connectivity index (χ3n) is 4.17.